The Morgan fingerprint density at radius 1 is 1.00 bits per heavy atom. The second-order valence-electron chi connectivity index (χ2n) is 10.6. The average Bonchev–Trinajstić information content (AvgIpc) is 3.37. The number of hydrogen-bond donors (Lipinski definition) is 0. The van der Waals surface area contributed by atoms with Crippen LogP contribution < -0.4 is 14.5 Å². The number of ether oxygens (including phenoxy) is 1. The van der Waals surface area contributed by atoms with E-state index in [1.165, 1.54) is 15.9 Å². The monoisotopic (exact) mass is 519 g/mol. The average molecular weight is 520 g/mol. The quantitative estimate of drug-likeness (QED) is 0.191. The summed E-state index contributed by atoms with van der Waals surface area (Å²) < 4.78 is 5.56. The van der Waals surface area contributed by atoms with Crippen molar-refractivity contribution < 1.29 is 28.8 Å². The summed E-state index contributed by atoms with van der Waals surface area (Å²) in [5.41, 5.74) is 1.86. The van der Waals surface area contributed by atoms with E-state index in [9.17, 15) is 29.3 Å². The van der Waals surface area contributed by atoms with E-state index in [-0.39, 0.29) is 54.0 Å². The van der Waals surface area contributed by atoms with Crippen LogP contribution in [-0.4, -0.2) is 35.2 Å². The maximum atomic E-state index is 13.1. The Hall–Kier alpha value is -4.08. The van der Waals surface area contributed by atoms with Crippen molar-refractivity contribution in [3.8, 4) is 5.75 Å². The number of nitrogens with zero attached hydrogens (tertiary/aromatic N) is 3. The van der Waals surface area contributed by atoms with Crippen LogP contribution in [0.3, 0.4) is 0 Å². The van der Waals surface area contributed by atoms with Gasteiger partial charge in [-0.15, -0.1) is 0 Å². The summed E-state index contributed by atoms with van der Waals surface area (Å²) in [4.78, 5) is 65.1. The normalized spacial score (nSPS) is 25.1. The molecule has 2 aromatic carbocycles. The van der Waals surface area contributed by atoms with E-state index in [0.29, 0.717) is 41.3 Å². The SMILES string of the molecule is Cc1cc(OC(=O)[C@@H]2CC(=O)N(c3ccc(C)c([N+](=O)[O-])c3)C2)ccc1N1C(=O)[C@H]2C[C@H](C)CC[C@H]2C1=O. The zero-order chi connectivity index (χ0) is 27.3. The molecule has 10 heteroatoms. The molecule has 3 amide bonds. The smallest absolute Gasteiger partial charge is 0.316 e. The van der Waals surface area contributed by atoms with Gasteiger partial charge in [-0.3, -0.25) is 29.3 Å². The van der Waals surface area contributed by atoms with Crippen LogP contribution >= 0.6 is 0 Å². The van der Waals surface area contributed by atoms with E-state index in [1.54, 1.807) is 44.2 Å². The van der Waals surface area contributed by atoms with Crippen molar-refractivity contribution in [2.24, 2.45) is 23.7 Å². The molecule has 0 unspecified atom stereocenters. The molecule has 0 spiro atoms. The Bertz CT molecular complexity index is 1370. The van der Waals surface area contributed by atoms with Gasteiger partial charge in [0, 0.05) is 24.6 Å². The van der Waals surface area contributed by atoms with Gasteiger partial charge >= 0.3 is 5.97 Å². The number of benzene rings is 2. The molecule has 1 aliphatic carbocycles. The van der Waals surface area contributed by atoms with Crippen molar-refractivity contribution in [2.75, 3.05) is 16.3 Å². The fourth-order valence-electron chi connectivity index (χ4n) is 5.85. The fourth-order valence-corrected chi connectivity index (χ4v) is 5.85. The van der Waals surface area contributed by atoms with Crippen molar-refractivity contribution in [1.82, 2.24) is 0 Å². The lowest BCUT2D eigenvalue weighted by atomic mass is 9.76. The lowest BCUT2D eigenvalue weighted by molar-refractivity contribution is -0.385. The zero-order valence-electron chi connectivity index (χ0n) is 21.5. The number of fused-ring (bicyclic) bond motifs is 1. The third-order valence-electron chi connectivity index (χ3n) is 7.97. The first-order valence-electron chi connectivity index (χ1n) is 12.8. The number of esters is 1. The Balaban J connectivity index is 1.28. The van der Waals surface area contributed by atoms with Crippen LogP contribution in [-0.2, 0) is 19.2 Å². The van der Waals surface area contributed by atoms with Gasteiger partial charge in [0.25, 0.3) is 5.69 Å². The molecule has 1 saturated carbocycles. The van der Waals surface area contributed by atoms with Crippen LogP contribution in [0.2, 0.25) is 0 Å². The number of amides is 3. The van der Waals surface area contributed by atoms with Gasteiger partial charge in [0.05, 0.1) is 34.1 Å². The molecule has 0 radical (unpaired) electrons. The highest BCUT2D eigenvalue weighted by molar-refractivity contribution is 6.22. The molecule has 2 heterocycles. The molecular weight excluding hydrogens is 490 g/mol. The standard InChI is InChI=1S/C28H29N3O7/c1-15-4-8-21-22(10-15)27(34)30(26(21)33)23-9-7-20(11-17(23)3)38-28(35)18-12-25(32)29(14-18)19-6-5-16(2)24(13-19)31(36)37/h5-7,9,11,13,15,18,21-22H,4,8,10,12,14H2,1-3H3/t15-,18-,21-,22+/m1/s1. The molecule has 2 saturated heterocycles. The summed E-state index contributed by atoms with van der Waals surface area (Å²) in [6, 6.07) is 9.29. The van der Waals surface area contributed by atoms with E-state index in [2.05, 4.69) is 6.92 Å². The number of nitro groups is 1. The van der Waals surface area contributed by atoms with E-state index >= 15 is 0 Å². The molecule has 198 valence electrons. The van der Waals surface area contributed by atoms with Crippen molar-refractivity contribution in [3.63, 3.8) is 0 Å². The van der Waals surface area contributed by atoms with Gasteiger partial charge in [0.15, 0.2) is 0 Å². The molecule has 2 aromatic rings. The molecule has 0 N–H and O–H groups in total. The first kappa shape index (κ1) is 25.6. The molecule has 4 atom stereocenters. The molecule has 3 fully saturated rings. The summed E-state index contributed by atoms with van der Waals surface area (Å²) in [7, 11) is 0. The molecule has 5 rings (SSSR count). The van der Waals surface area contributed by atoms with Gasteiger partial charge in [-0.05, 0) is 68.9 Å². The zero-order valence-corrected chi connectivity index (χ0v) is 21.5. The minimum absolute atomic E-state index is 0.0485. The highest BCUT2D eigenvalue weighted by atomic mass is 16.6. The van der Waals surface area contributed by atoms with E-state index in [4.69, 9.17) is 4.74 Å². The molecular formula is C28H29N3O7. The lowest BCUT2D eigenvalue weighted by Crippen LogP contribution is -2.31. The van der Waals surface area contributed by atoms with Gasteiger partial charge < -0.3 is 9.64 Å². The lowest BCUT2D eigenvalue weighted by Gasteiger charge is -2.25. The van der Waals surface area contributed by atoms with Crippen molar-refractivity contribution in [3.05, 3.63) is 57.6 Å². The molecule has 10 nitrogen and oxygen atoms in total. The van der Waals surface area contributed by atoms with Crippen LogP contribution in [0, 0.1) is 47.6 Å². The first-order valence-corrected chi connectivity index (χ1v) is 12.8. The van der Waals surface area contributed by atoms with Crippen LogP contribution in [0.15, 0.2) is 36.4 Å². The number of imide groups is 1. The largest absolute Gasteiger partial charge is 0.426 e. The molecule has 3 aliphatic rings. The predicted molar refractivity (Wildman–Crippen MR) is 138 cm³/mol. The van der Waals surface area contributed by atoms with Crippen molar-refractivity contribution in [1.29, 1.82) is 0 Å². The predicted octanol–water partition coefficient (Wildman–Crippen LogP) is 4.10. The minimum Gasteiger partial charge on any atom is -0.426 e. The number of hydrogen-bond acceptors (Lipinski definition) is 7. The molecule has 0 bridgehead atoms. The van der Waals surface area contributed by atoms with Gasteiger partial charge in [-0.2, -0.15) is 0 Å². The molecule has 2 aliphatic heterocycles. The molecule has 0 aromatic heterocycles. The van der Waals surface area contributed by atoms with E-state index < -0.39 is 16.8 Å². The van der Waals surface area contributed by atoms with Crippen molar-refractivity contribution >= 4 is 40.8 Å². The van der Waals surface area contributed by atoms with Crippen LogP contribution in [0.4, 0.5) is 17.1 Å². The third kappa shape index (κ3) is 4.44. The van der Waals surface area contributed by atoms with Gasteiger partial charge in [-0.25, -0.2) is 4.90 Å². The Kier molecular flexibility index (Phi) is 6.50. The summed E-state index contributed by atoms with van der Waals surface area (Å²) in [6.45, 7) is 5.52. The highest BCUT2D eigenvalue weighted by Crippen LogP contribution is 2.43. The third-order valence-corrected chi connectivity index (χ3v) is 7.97. The molecule has 38 heavy (non-hydrogen) atoms. The van der Waals surface area contributed by atoms with Gasteiger partial charge in [0.1, 0.15) is 5.75 Å². The second-order valence-corrected chi connectivity index (χ2v) is 10.6. The van der Waals surface area contributed by atoms with Crippen LogP contribution in [0.5, 0.6) is 5.75 Å². The first-order chi connectivity index (χ1) is 18.0. The highest BCUT2D eigenvalue weighted by Gasteiger charge is 2.50. The summed E-state index contributed by atoms with van der Waals surface area (Å²) in [5.74, 6) is -1.87. The fraction of sp³-hybridized carbons (Fsp3) is 0.429. The topological polar surface area (TPSA) is 127 Å². The number of rotatable bonds is 5. The van der Waals surface area contributed by atoms with Gasteiger partial charge in [-0.1, -0.05) is 13.0 Å². The van der Waals surface area contributed by atoms with E-state index in [0.717, 1.165) is 6.42 Å². The van der Waals surface area contributed by atoms with E-state index in [1.807, 2.05) is 0 Å². The minimum atomic E-state index is -0.741. The van der Waals surface area contributed by atoms with Gasteiger partial charge in [0.2, 0.25) is 17.7 Å². The van der Waals surface area contributed by atoms with Crippen LogP contribution in [0.25, 0.3) is 0 Å². The Morgan fingerprint density at radius 3 is 2.45 bits per heavy atom. The van der Waals surface area contributed by atoms with Crippen LogP contribution in [0.1, 0.15) is 43.7 Å². The maximum absolute atomic E-state index is 13.1. The Labute approximate surface area is 219 Å². The number of carbonyl (C=O) groups excluding carboxylic acids is 4. The number of anilines is 2. The summed E-state index contributed by atoms with van der Waals surface area (Å²) in [5, 5.41) is 11.3. The second kappa shape index (κ2) is 9.66. The number of nitro benzene ring substituents is 1. The number of carbonyl (C=O) groups is 4. The summed E-state index contributed by atoms with van der Waals surface area (Å²) >= 11 is 0. The van der Waals surface area contributed by atoms with Crippen molar-refractivity contribution in [2.45, 2.75) is 46.5 Å². The maximum Gasteiger partial charge on any atom is 0.316 e. The number of aryl methyl sites for hydroxylation is 2. The summed E-state index contributed by atoms with van der Waals surface area (Å²) in [6.07, 6.45) is 2.29. The Morgan fingerprint density at radius 2 is 1.74 bits per heavy atom.